The summed E-state index contributed by atoms with van der Waals surface area (Å²) in [7, 11) is 1.69. The molecule has 0 spiro atoms. The maximum absolute atomic E-state index is 13.2. The summed E-state index contributed by atoms with van der Waals surface area (Å²) in [6.45, 7) is 4.39. The molecule has 0 saturated carbocycles. The summed E-state index contributed by atoms with van der Waals surface area (Å²) in [6, 6.07) is 9.74. The number of fused-ring (bicyclic) bond motifs is 1. The monoisotopic (exact) mass is 407 g/mol. The predicted octanol–water partition coefficient (Wildman–Crippen LogP) is 3.99. The third-order valence-electron chi connectivity index (χ3n) is 5.08. The van der Waals surface area contributed by atoms with Gasteiger partial charge in [-0.1, -0.05) is 18.2 Å². The number of benzene rings is 1. The molecule has 0 radical (unpaired) electrons. The number of furan rings is 1. The van der Waals surface area contributed by atoms with Crippen molar-refractivity contribution >= 4 is 27.5 Å². The number of hydrogen-bond acceptors (Lipinski definition) is 5. The van der Waals surface area contributed by atoms with E-state index in [1.54, 1.807) is 19.4 Å². The summed E-state index contributed by atoms with van der Waals surface area (Å²) >= 11 is 1.44. The molecule has 148 valence electrons. The van der Waals surface area contributed by atoms with Gasteiger partial charge in [0.25, 0.3) is 5.56 Å². The zero-order chi connectivity index (χ0) is 20.5. The number of likely N-dealkylation sites (N-methyl/N-ethyl adjacent to an activating group) is 1. The standard InChI is InChI=1S/C22H21N3O3S/c1-14-6-7-16(9-15(14)2)18-12-29-21-20(18)22(27)25(13-23-21)11-19(26)24(3)10-17-5-4-8-28-17/h4-9,12-13H,10-11H2,1-3H3. The van der Waals surface area contributed by atoms with E-state index in [1.165, 1.54) is 38.3 Å². The maximum Gasteiger partial charge on any atom is 0.263 e. The Labute approximate surface area is 172 Å². The van der Waals surface area contributed by atoms with Crippen molar-refractivity contribution in [3.05, 3.63) is 75.5 Å². The highest BCUT2D eigenvalue weighted by molar-refractivity contribution is 7.17. The van der Waals surface area contributed by atoms with E-state index in [2.05, 4.69) is 31.0 Å². The number of carbonyl (C=O) groups is 1. The van der Waals surface area contributed by atoms with Crippen LogP contribution in [0.3, 0.4) is 0 Å². The molecule has 0 atom stereocenters. The first-order valence-electron chi connectivity index (χ1n) is 9.24. The molecule has 0 saturated heterocycles. The van der Waals surface area contributed by atoms with Crippen LogP contribution in [0.15, 0.2) is 57.5 Å². The van der Waals surface area contributed by atoms with Crippen LogP contribution in [-0.4, -0.2) is 27.4 Å². The fourth-order valence-electron chi connectivity index (χ4n) is 3.19. The normalized spacial score (nSPS) is 11.1. The lowest BCUT2D eigenvalue weighted by molar-refractivity contribution is -0.131. The summed E-state index contributed by atoms with van der Waals surface area (Å²) in [4.78, 5) is 32.4. The van der Waals surface area contributed by atoms with Gasteiger partial charge in [0.15, 0.2) is 0 Å². The van der Waals surface area contributed by atoms with Crippen LogP contribution in [-0.2, 0) is 17.9 Å². The number of aromatic nitrogens is 2. The van der Waals surface area contributed by atoms with E-state index < -0.39 is 0 Å². The Bertz CT molecular complexity index is 1240. The van der Waals surface area contributed by atoms with Crippen molar-refractivity contribution in [2.75, 3.05) is 7.05 Å². The third kappa shape index (κ3) is 3.73. The van der Waals surface area contributed by atoms with Gasteiger partial charge < -0.3 is 9.32 Å². The van der Waals surface area contributed by atoms with Gasteiger partial charge in [-0.05, 0) is 42.7 Å². The number of carbonyl (C=O) groups excluding carboxylic acids is 1. The molecule has 4 aromatic rings. The zero-order valence-corrected chi connectivity index (χ0v) is 17.3. The fourth-order valence-corrected chi connectivity index (χ4v) is 4.10. The van der Waals surface area contributed by atoms with Crippen molar-refractivity contribution < 1.29 is 9.21 Å². The third-order valence-corrected chi connectivity index (χ3v) is 5.97. The number of aryl methyl sites for hydroxylation is 2. The van der Waals surface area contributed by atoms with Gasteiger partial charge in [0, 0.05) is 18.0 Å². The Kier molecular flexibility index (Phi) is 5.07. The predicted molar refractivity (Wildman–Crippen MR) is 114 cm³/mol. The quantitative estimate of drug-likeness (QED) is 0.502. The molecule has 1 amide bonds. The Morgan fingerprint density at radius 2 is 2.07 bits per heavy atom. The largest absolute Gasteiger partial charge is 0.467 e. The zero-order valence-electron chi connectivity index (χ0n) is 16.5. The average Bonchev–Trinajstić information content (AvgIpc) is 3.36. The van der Waals surface area contributed by atoms with Crippen LogP contribution in [0, 0.1) is 13.8 Å². The van der Waals surface area contributed by atoms with Crippen LogP contribution >= 0.6 is 11.3 Å². The second-order valence-electron chi connectivity index (χ2n) is 7.14. The van der Waals surface area contributed by atoms with Gasteiger partial charge in [0.05, 0.1) is 24.5 Å². The van der Waals surface area contributed by atoms with E-state index in [-0.39, 0.29) is 18.0 Å². The highest BCUT2D eigenvalue weighted by atomic mass is 32.1. The molecule has 0 fully saturated rings. The van der Waals surface area contributed by atoms with E-state index in [4.69, 9.17) is 4.42 Å². The molecule has 0 aliphatic heterocycles. The van der Waals surface area contributed by atoms with Crippen molar-refractivity contribution in [3.63, 3.8) is 0 Å². The lowest BCUT2D eigenvalue weighted by atomic mass is 10.0. The van der Waals surface area contributed by atoms with E-state index in [0.717, 1.165) is 11.1 Å². The number of thiophene rings is 1. The summed E-state index contributed by atoms with van der Waals surface area (Å²) in [5.41, 5.74) is 4.01. The van der Waals surface area contributed by atoms with Gasteiger partial charge in [-0.25, -0.2) is 4.98 Å². The minimum atomic E-state index is -0.204. The molecule has 0 N–H and O–H groups in total. The molecule has 0 unspecified atom stereocenters. The van der Waals surface area contributed by atoms with Crippen molar-refractivity contribution in [1.29, 1.82) is 0 Å². The summed E-state index contributed by atoms with van der Waals surface area (Å²) in [5, 5.41) is 2.51. The number of hydrogen-bond donors (Lipinski definition) is 0. The van der Waals surface area contributed by atoms with Gasteiger partial charge in [-0.2, -0.15) is 0 Å². The highest BCUT2D eigenvalue weighted by Crippen LogP contribution is 2.31. The first kappa shape index (κ1) is 19.1. The molecule has 0 aliphatic carbocycles. The number of rotatable bonds is 5. The van der Waals surface area contributed by atoms with Crippen molar-refractivity contribution in [2.45, 2.75) is 26.9 Å². The number of amides is 1. The smallest absolute Gasteiger partial charge is 0.263 e. The molecular formula is C22H21N3O3S. The first-order chi connectivity index (χ1) is 13.9. The lowest BCUT2D eigenvalue weighted by Gasteiger charge is -2.16. The molecule has 29 heavy (non-hydrogen) atoms. The van der Waals surface area contributed by atoms with Crippen molar-refractivity contribution in [3.8, 4) is 11.1 Å². The summed E-state index contributed by atoms with van der Waals surface area (Å²) in [5.74, 6) is 0.504. The van der Waals surface area contributed by atoms with Crippen LogP contribution in [0.2, 0.25) is 0 Å². The van der Waals surface area contributed by atoms with E-state index >= 15 is 0 Å². The van der Waals surface area contributed by atoms with E-state index in [1.807, 2.05) is 17.5 Å². The fraction of sp³-hybridized carbons (Fsp3) is 0.227. The SMILES string of the molecule is Cc1ccc(-c2csc3ncn(CC(=O)N(C)Cc4ccco4)c(=O)c23)cc1C. The second-order valence-corrected chi connectivity index (χ2v) is 7.99. The Morgan fingerprint density at radius 1 is 1.24 bits per heavy atom. The summed E-state index contributed by atoms with van der Waals surface area (Å²) in [6.07, 6.45) is 3.02. The highest BCUT2D eigenvalue weighted by Gasteiger charge is 2.17. The average molecular weight is 407 g/mol. The lowest BCUT2D eigenvalue weighted by Crippen LogP contribution is -2.33. The first-order valence-corrected chi connectivity index (χ1v) is 10.1. The topological polar surface area (TPSA) is 68.3 Å². The van der Waals surface area contributed by atoms with Gasteiger partial charge in [-0.3, -0.25) is 14.2 Å². The Balaban J connectivity index is 1.66. The minimum absolute atomic E-state index is 0.0683. The number of nitrogens with zero attached hydrogens (tertiary/aromatic N) is 3. The second kappa shape index (κ2) is 7.67. The Morgan fingerprint density at radius 3 is 2.79 bits per heavy atom. The van der Waals surface area contributed by atoms with Crippen molar-refractivity contribution in [1.82, 2.24) is 14.5 Å². The molecule has 0 aliphatic rings. The molecule has 6 nitrogen and oxygen atoms in total. The van der Waals surface area contributed by atoms with Crippen LogP contribution in [0.25, 0.3) is 21.3 Å². The van der Waals surface area contributed by atoms with Gasteiger partial charge in [0.1, 0.15) is 17.1 Å². The molecule has 3 heterocycles. The van der Waals surface area contributed by atoms with Crippen LogP contribution in [0.1, 0.15) is 16.9 Å². The molecule has 3 aromatic heterocycles. The Hall–Kier alpha value is -3.19. The molecule has 7 heteroatoms. The van der Waals surface area contributed by atoms with Gasteiger partial charge in [-0.15, -0.1) is 11.3 Å². The minimum Gasteiger partial charge on any atom is -0.467 e. The maximum atomic E-state index is 13.2. The van der Waals surface area contributed by atoms with Crippen LogP contribution < -0.4 is 5.56 Å². The van der Waals surface area contributed by atoms with E-state index in [9.17, 15) is 9.59 Å². The molecule has 0 bridgehead atoms. The molecular weight excluding hydrogens is 386 g/mol. The van der Waals surface area contributed by atoms with Crippen molar-refractivity contribution in [2.24, 2.45) is 0 Å². The van der Waals surface area contributed by atoms with Gasteiger partial charge >= 0.3 is 0 Å². The van der Waals surface area contributed by atoms with Gasteiger partial charge in [0.2, 0.25) is 5.91 Å². The molecule has 1 aromatic carbocycles. The summed E-state index contributed by atoms with van der Waals surface area (Å²) < 4.78 is 6.66. The van der Waals surface area contributed by atoms with Crippen LogP contribution in [0.4, 0.5) is 0 Å². The van der Waals surface area contributed by atoms with Crippen LogP contribution in [0.5, 0.6) is 0 Å². The van der Waals surface area contributed by atoms with E-state index in [0.29, 0.717) is 22.5 Å². The molecule has 4 rings (SSSR count).